The van der Waals surface area contributed by atoms with Gasteiger partial charge in [-0.3, -0.25) is 9.59 Å². The lowest BCUT2D eigenvalue weighted by Crippen LogP contribution is -2.67. The summed E-state index contributed by atoms with van der Waals surface area (Å²) in [6.07, 6.45) is 0.586. The number of hydrogen-bond acceptors (Lipinski definition) is 3. The highest BCUT2D eigenvalue weighted by Gasteiger charge is 2.45. The number of nitrogens with one attached hydrogen (secondary N) is 1. The van der Waals surface area contributed by atoms with Crippen molar-refractivity contribution in [3.8, 4) is 5.75 Å². The number of hydrogen-bond donors (Lipinski definition) is 1. The minimum absolute atomic E-state index is 0.0481. The van der Waals surface area contributed by atoms with Crippen LogP contribution in [0.5, 0.6) is 5.75 Å². The van der Waals surface area contributed by atoms with Crippen molar-refractivity contribution in [3.63, 3.8) is 0 Å². The van der Waals surface area contributed by atoms with E-state index < -0.39 is 11.6 Å². The van der Waals surface area contributed by atoms with Crippen LogP contribution in [0, 0.1) is 0 Å². The summed E-state index contributed by atoms with van der Waals surface area (Å²) in [7, 11) is 1.60. The van der Waals surface area contributed by atoms with E-state index in [2.05, 4.69) is 5.32 Å². The van der Waals surface area contributed by atoms with E-state index in [4.69, 9.17) is 4.74 Å². The third kappa shape index (κ3) is 2.73. The van der Waals surface area contributed by atoms with E-state index in [1.807, 2.05) is 31.2 Å². The molecular formula is C16H22N2O3. The van der Waals surface area contributed by atoms with Gasteiger partial charge >= 0.3 is 0 Å². The Morgan fingerprint density at radius 1 is 1.29 bits per heavy atom. The average molecular weight is 290 g/mol. The first-order valence-electron chi connectivity index (χ1n) is 7.16. The van der Waals surface area contributed by atoms with Crippen LogP contribution in [0.25, 0.3) is 0 Å². The Hall–Kier alpha value is -2.04. The van der Waals surface area contributed by atoms with Gasteiger partial charge in [-0.25, -0.2) is 0 Å². The quantitative estimate of drug-likeness (QED) is 0.918. The van der Waals surface area contributed by atoms with Crippen LogP contribution >= 0.6 is 0 Å². The number of carbonyl (C=O) groups excluding carboxylic acids is 2. The number of para-hydroxylation sites is 1. The molecule has 5 heteroatoms. The van der Waals surface area contributed by atoms with Crippen LogP contribution in [-0.4, -0.2) is 35.4 Å². The molecule has 1 saturated heterocycles. The summed E-state index contributed by atoms with van der Waals surface area (Å²) in [6, 6.07) is 7.10. The number of amides is 2. The van der Waals surface area contributed by atoms with Crippen LogP contribution < -0.4 is 10.1 Å². The number of benzene rings is 1. The van der Waals surface area contributed by atoms with Gasteiger partial charge in [-0.15, -0.1) is 0 Å². The Kier molecular flexibility index (Phi) is 4.21. The molecule has 5 nitrogen and oxygen atoms in total. The lowest BCUT2D eigenvalue weighted by molar-refractivity contribution is -0.156. The van der Waals surface area contributed by atoms with Crippen molar-refractivity contribution in [3.05, 3.63) is 29.8 Å². The molecule has 2 amide bonds. The molecule has 0 radical (unpaired) electrons. The summed E-state index contributed by atoms with van der Waals surface area (Å²) in [5.74, 6) is 0.553. The lowest BCUT2D eigenvalue weighted by Gasteiger charge is -2.44. The Labute approximate surface area is 125 Å². The van der Waals surface area contributed by atoms with Crippen molar-refractivity contribution in [1.29, 1.82) is 0 Å². The molecule has 0 aromatic heterocycles. The number of piperazine rings is 1. The van der Waals surface area contributed by atoms with Crippen molar-refractivity contribution in [2.24, 2.45) is 0 Å². The fraction of sp³-hybridized carbons (Fsp3) is 0.500. The molecule has 1 heterocycles. The normalized spacial score (nSPS) is 21.1. The molecular weight excluding hydrogens is 268 g/mol. The Bertz CT molecular complexity index is 554. The van der Waals surface area contributed by atoms with Crippen molar-refractivity contribution >= 4 is 11.8 Å². The Balaban J connectivity index is 2.34. The highest BCUT2D eigenvalue weighted by Crippen LogP contribution is 2.27. The van der Waals surface area contributed by atoms with Crippen LogP contribution in [0.3, 0.4) is 0 Å². The molecule has 1 fully saturated rings. The topological polar surface area (TPSA) is 58.6 Å². The van der Waals surface area contributed by atoms with Crippen LogP contribution in [-0.2, 0) is 16.1 Å². The molecule has 0 spiro atoms. The van der Waals surface area contributed by atoms with E-state index in [1.165, 1.54) is 0 Å². The zero-order chi connectivity index (χ0) is 15.6. The first-order valence-corrected chi connectivity index (χ1v) is 7.16. The predicted molar refractivity (Wildman–Crippen MR) is 79.8 cm³/mol. The predicted octanol–water partition coefficient (Wildman–Crippen LogP) is 1.71. The second-order valence-corrected chi connectivity index (χ2v) is 5.73. The maximum atomic E-state index is 12.6. The molecule has 0 bridgehead atoms. The maximum absolute atomic E-state index is 12.6. The third-order valence-electron chi connectivity index (χ3n) is 4.03. The SMILES string of the molecule is CCC1NC(=O)C(C)(C)N(Cc2ccccc2OC)C1=O. The standard InChI is InChI=1S/C16H22N2O3/c1-5-12-14(19)18(16(2,3)15(20)17-12)10-11-8-6-7-9-13(11)21-4/h6-9,12H,5,10H2,1-4H3,(H,17,20). The van der Waals surface area contributed by atoms with Gasteiger partial charge in [-0.1, -0.05) is 25.1 Å². The van der Waals surface area contributed by atoms with Gasteiger partial charge in [0, 0.05) is 5.56 Å². The molecule has 2 rings (SSSR count). The molecule has 0 aliphatic carbocycles. The molecule has 1 aromatic carbocycles. The van der Waals surface area contributed by atoms with Gasteiger partial charge < -0.3 is 15.0 Å². The molecule has 0 saturated carbocycles. The minimum atomic E-state index is -0.871. The van der Waals surface area contributed by atoms with Gasteiger partial charge in [-0.05, 0) is 26.3 Å². The van der Waals surface area contributed by atoms with Crippen LogP contribution in [0.4, 0.5) is 0 Å². The number of ether oxygens (including phenoxy) is 1. The monoisotopic (exact) mass is 290 g/mol. The van der Waals surface area contributed by atoms with Crippen molar-refractivity contribution in [2.45, 2.75) is 45.3 Å². The zero-order valence-corrected chi connectivity index (χ0v) is 13.0. The van der Waals surface area contributed by atoms with Gasteiger partial charge in [0.2, 0.25) is 11.8 Å². The zero-order valence-electron chi connectivity index (χ0n) is 13.0. The fourth-order valence-electron chi connectivity index (χ4n) is 2.54. The fourth-order valence-corrected chi connectivity index (χ4v) is 2.54. The van der Waals surface area contributed by atoms with Gasteiger partial charge in [0.1, 0.15) is 17.3 Å². The second-order valence-electron chi connectivity index (χ2n) is 5.73. The van der Waals surface area contributed by atoms with E-state index in [-0.39, 0.29) is 11.8 Å². The maximum Gasteiger partial charge on any atom is 0.246 e. The lowest BCUT2D eigenvalue weighted by atomic mass is 9.94. The van der Waals surface area contributed by atoms with E-state index in [0.29, 0.717) is 13.0 Å². The first kappa shape index (κ1) is 15.4. The van der Waals surface area contributed by atoms with E-state index in [9.17, 15) is 9.59 Å². The van der Waals surface area contributed by atoms with E-state index in [0.717, 1.165) is 11.3 Å². The van der Waals surface area contributed by atoms with E-state index in [1.54, 1.807) is 25.9 Å². The molecule has 1 aliphatic heterocycles. The van der Waals surface area contributed by atoms with Crippen LogP contribution in [0.15, 0.2) is 24.3 Å². The molecule has 1 atom stereocenters. The van der Waals surface area contributed by atoms with Crippen molar-refractivity contribution in [1.82, 2.24) is 10.2 Å². The third-order valence-corrected chi connectivity index (χ3v) is 4.03. The van der Waals surface area contributed by atoms with Gasteiger partial charge in [-0.2, -0.15) is 0 Å². The number of carbonyl (C=O) groups is 2. The molecule has 1 aromatic rings. The highest BCUT2D eigenvalue weighted by molar-refractivity contribution is 5.99. The van der Waals surface area contributed by atoms with Crippen LogP contribution in [0.2, 0.25) is 0 Å². The van der Waals surface area contributed by atoms with Gasteiger partial charge in [0.05, 0.1) is 13.7 Å². The average Bonchev–Trinajstić information content (AvgIpc) is 2.48. The summed E-state index contributed by atoms with van der Waals surface area (Å²) in [4.78, 5) is 26.5. The molecule has 1 unspecified atom stereocenters. The Morgan fingerprint density at radius 3 is 2.57 bits per heavy atom. The number of methoxy groups -OCH3 is 1. The summed E-state index contributed by atoms with van der Waals surface area (Å²) < 4.78 is 5.33. The highest BCUT2D eigenvalue weighted by atomic mass is 16.5. The molecule has 114 valence electrons. The summed E-state index contributed by atoms with van der Waals surface area (Å²) in [6.45, 7) is 5.78. The molecule has 21 heavy (non-hydrogen) atoms. The second kappa shape index (κ2) is 5.76. The summed E-state index contributed by atoms with van der Waals surface area (Å²) in [5, 5.41) is 2.79. The largest absolute Gasteiger partial charge is 0.496 e. The van der Waals surface area contributed by atoms with Crippen LogP contribution in [0.1, 0.15) is 32.8 Å². The smallest absolute Gasteiger partial charge is 0.246 e. The summed E-state index contributed by atoms with van der Waals surface area (Å²) in [5.41, 5.74) is 0.0230. The number of rotatable bonds is 4. The van der Waals surface area contributed by atoms with Gasteiger partial charge in [0.15, 0.2) is 0 Å². The number of nitrogens with zero attached hydrogens (tertiary/aromatic N) is 1. The van der Waals surface area contributed by atoms with E-state index >= 15 is 0 Å². The van der Waals surface area contributed by atoms with Crippen molar-refractivity contribution < 1.29 is 14.3 Å². The minimum Gasteiger partial charge on any atom is -0.496 e. The van der Waals surface area contributed by atoms with Crippen molar-refractivity contribution in [2.75, 3.05) is 7.11 Å². The summed E-state index contributed by atoms with van der Waals surface area (Å²) >= 11 is 0. The first-order chi connectivity index (χ1) is 9.91. The molecule has 1 N–H and O–H groups in total. The molecule has 1 aliphatic rings. The Morgan fingerprint density at radius 2 is 1.95 bits per heavy atom. The van der Waals surface area contributed by atoms with Gasteiger partial charge in [0.25, 0.3) is 0 Å².